The predicted molar refractivity (Wildman–Crippen MR) is 92.5 cm³/mol. The molecule has 0 bridgehead atoms. The molecule has 0 spiro atoms. The minimum absolute atomic E-state index is 0.430. The van der Waals surface area contributed by atoms with Crippen molar-refractivity contribution in [3.05, 3.63) is 0 Å². The zero-order valence-electron chi connectivity index (χ0n) is 12.7. The van der Waals surface area contributed by atoms with Crippen LogP contribution in [0.15, 0.2) is 4.99 Å². The Balaban J connectivity index is 0.000000444. The van der Waals surface area contributed by atoms with Crippen molar-refractivity contribution in [2.24, 2.45) is 10.9 Å². The fourth-order valence-electron chi connectivity index (χ4n) is 3.33. The molecule has 0 aromatic rings. The monoisotopic (exact) mass is 398 g/mol. The van der Waals surface area contributed by atoms with Crippen molar-refractivity contribution >= 4 is 44.1 Å². The molecule has 0 saturated carbocycles. The Morgan fingerprint density at radius 2 is 1.70 bits per heavy atom. The summed E-state index contributed by atoms with van der Waals surface area (Å²) in [7, 11) is 14.4. The van der Waals surface area contributed by atoms with Gasteiger partial charge in [0.25, 0.3) is 0 Å². The fourth-order valence-corrected chi connectivity index (χ4v) is 6.85. The van der Waals surface area contributed by atoms with Gasteiger partial charge in [0.15, 0.2) is 0 Å². The van der Waals surface area contributed by atoms with Crippen LogP contribution in [0.25, 0.3) is 0 Å². The zero-order valence-corrected chi connectivity index (χ0v) is 17.2. The quantitative estimate of drug-likeness (QED) is 0.571. The van der Waals surface area contributed by atoms with Gasteiger partial charge in [-0.05, 0) is 47.0 Å². The maximum absolute atomic E-state index is 4.93. The average Bonchev–Trinajstić information content (AvgIpc) is 2.76. The van der Waals surface area contributed by atoms with Gasteiger partial charge < -0.3 is 0 Å². The molecule has 2 heterocycles. The van der Waals surface area contributed by atoms with E-state index in [4.69, 9.17) is 35.1 Å². The molecule has 2 rings (SSSR count). The van der Waals surface area contributed by atoms with Crippen LogP contribution < -0.4 is 0 Å². The molecular weight excluding hydrogens is 373 g/mol. The molecule has 1 saturated heterocycles. The number of fused-ring (bicyclic) bond motifs is 1. The van der Waals surface area contributed by atoms with E-state index in [1.165, 1.54) is 31.6 Å². The Hall–Kier alpha value is 1.30. The van der Waals surface area contributed by atoms with Gasteiger partial charge in [0.05, 0.1) is 25.9 Å². The third-order valence-electron chi connectivity index (χ3n) is 3.82. The number of nitrogens with zero attached hydrogens (tertiary/aromatic N) is 2. The second kappa shape index (κ2) is 9.44. The molecule has 7 heteroatoms. The van der Waals surface area contributed by atoms with E-state index in [1.807, 2.05) is 0 Å². The van der Waals surface area contributed by atoms with Crippen LogP contribution >= 0.6 is 38.2 Å². The summed E-state index contributed by atoms with van der Waals surface area (Å²) in [5.41, 5.74) is 1.65. The first-order valence-corrected chi connectivity index (χ1v) is 14.1. The molecule has 2 aliphatic heterocycles. The summed E-state index contributed by atoms with van der Waals surface area (Å²) in [6, 6.07) is 0. The van der Waals surface area contributed by atoms with Gasteiger partial charge in [0, 0.05) is 12.5 Å². The average molecular weight is 400 g/mol. The van der Waals surface area contributed by atoms with Crippen LogP contribution in [0.4, 0.5) is 0 Å². The van der Waals surface area contributed by atoms with E-state index < -0.39 is 19.5 Å². The Kier molecular flexibility index (Phi) is 9.14. The normalized spacial score (nSPS) is 22.2. The molecule has 1 atom stereocenters. The molecule has 0 aromatic heterocycles. The summed E-state index contributed by atoms with van der Waals surface area (Å²) in [5.74, 6) is 2.30. The summed E-state index contributed by atoms with van der Waals surface area (Å²) >= 11 is -1.62. The van der Waals surface area contributed by atoms with Gasteiger partial charge in [0.1, 0.15) is 5.84 Å². The van der Waals surface area contributed by atoms with Gasteiger partial charge in [-0.25, -0.2) is 4.67 Å². The number of rotatable bonds is 3. The predicted octanol–water partition coefficient (Wildman–Crippen LogP) is 5.51. The van der Waals surface area contributed by atoms with Crippen LogP contribution in [-0.2, 0) is 11.4 Å². The van der Waals surface area contributed by atoms with Crippen LogP contribution in [0, 0.1) is 5.92 Å². The van der Waals surface area contributed by atoms with Gasteiger partial charge in [-0.3, -0.25) is 4.99 Å². The van der Waals surface area contributed by atoms with Gasteiger partial charge in [-0.15, -0.1) is 0 Å². The van der Waals surface area contributed by atoms with E-state index in [9.17, 15) is 0 Å². The Bertz CT molecular complexity index is 316. The molecular formula is C13H26Cl3CrN2P+. The van der Waals surface area contributed by atoms with Crippen LogP contribution in [-0.4, -0.2) is 34.9 Å². The SMILES string of the molecule is CC(C)[PH+](C(C)C)N1CCCC2CCN=C21.[Cl][Cr]([Cl])[Cl]. The van der Waals surface area contributed by atoms with Crippen LogP contribution in [0.1, 0.15) is 47.0 Å². The number of hydrogen-bond donors (Lipinski definition) is 0. The number of halogens is 3. The number of aliphatic imine (C=N–C) groups is 1. The van der Waals surface area contributed by atoms with Gasteiger partial charge >= 0.3 is 41.5 Å². The molecule has 20 heavy (non-hydrogen) atoms. The summed E-state index contributed by atoms with van der Waals surface area (Å²) in [5, 5.41) is 0. The molecule has 2 aliphatic rings. The second-order valence-electron chi connectivity index (χ2n) is 5.93. The minimum atomic E-state index is -1.62. The molecule has 1 fully saturated rings. The number of hydrogen-bond acceptors (Lipinski definition) is 2. The summed E-state index contributed by atoms with van der Waals surface area (Å²) < 4.78 is 2.74. The molecule has 0 N–H and O–H groups in total. The molecule has 0 radical (unpaired) electrons. The second-order valence-corrected chi connectivity index (χ2v) is 15.9. The third-order valence-corrected chi connectivity index (χ3v) is 7.26. The summed E-state index contributed by atoms with van der Waals surface area (Å²) in [6.07, 6.45) is 4.09. The van der Waals surface area contributed by atoms with E-state index in [1.54, 1.807) is 0 Å². The van der Waals surface area contributed by atoms with Crippen molar-refractivity contribution in [1.82, 2.24) is 4.67 Å². The topological polar surface area (TPSA) is 15.6 Å². The first-order chi connectivity index (χ1) is 9.34. The fraction of sp³-hybridized carbons (Fsp3) is 0.923. The van der Waals surface area contributed by atoms with Crippen molar-refractivity contribution in [2.45, 2.75) is 58.3 Å². The zero-order chi connectivity index (χ0) is 15.3. The van der Waals surface area contributed by atoms with Crippen LogP contribution in [0.3, 0.4) is 0 Å². The van der Waals surface area contributed by atoms with Crippen LogP contribution in [0.5, 0.6) is 0 Å². The summed E-state index contributed by atoms with van der Waals surface area (Å²) in [6.45, 7) is 11.9. The van der Waals surface area contributed by atoms with Crippen LogP contribution in [0.2, 0.25) is 0 Å². The van der Waals surface area contributed by atoms with E-state index in [0.717, 1.165) is 23.8 Å². The Morgan fingerprint density at radius 3 is 2.20 bits per heavy atom. The first kappa shape index (κ1) is 19.3. The van der Waals surface area contributed by atoms with E-state index in [-0.39, 0.29) is 0 Å². The first-order valence-electron chi connectivity index (χ1n) is 7.26. The molecule has 0 aliphatic carbocycles. The van der Waals surface area contributed by atoms with Crippen molar-refractivity contribution in [3.8, 4) is 0 Å². The Morgan fingerprint density at radius 1 is 1.15 bits per heavy atom. The molecule has 1 unspecified atom stereocenters. The Labute approximate surface area is 142 Å². The number of piperidine rings is 1. The van der Waals surface area contributed by atoms with Crippen molar-refractivity contribution in [1.29, 1.82) is 0 Å². The van der Waals surface area contributed by atoms with Gasteiger partial charge in [-0.1, -0.05) is 0 Å². The maximum atomic E-state index is 4.93. The van der Waals surface area contributed by atoms with E-state index >= 15 is 0 Å². The van der Waals surface area contributed by atoms with Gasteiger partial charge in [0.2, 0.25) is 0 Å². The van der Waals surface area contributed by atoms with E-state index in [2.05, 4.69) is 32.4 Å². The van der Waals surface area contributed by atoms with Gasteiger partial charge in [-0.2, -0.15) is 0 Å². The third kappa shape index (κ3) is 5.83. The molecule has 2 nitrogen and oxygen atoms in total. The standard InChI is InChI=1S/C13H25N2P.3ClH.Cr/c1-10(2)16(11(3)4)15-9-5-6-12-7-8-14-13(12)15;;;;/h10-12H,5-9H2,1-4H3;3*1H;/q;;;;+3/p-2. The van der Waals surface area contributed by atoms with Crippen molar-refractivity contribution in [2.75, 3.05) is 13.1 Å². The molecule has 0 aromatic carbocycles. The number of amidine groups is 1. The summed E-state index contributed by atoms with van der Waals surface area (Å²) in [4.78, 5) is 4.79. The van der Waals surface area contributed by atoms with Crippen molar-refractivity contribution < 1.29 is 11.4 Å². The van der Waals surface area contributed by atoms with Crippen molar-refractivity contribution in [3.63, 3.8) is 0 Å². The molecule has 0 amide bonds. The van der Waals surface area contributed by atoms with E-state index in [0.29, 0.717) is 0 Å². The molecule has 119 valence electrons.